The Morgan fingerprint density at radius 3 is 2.59 bits per heavy atom. The van der Waals surface area contributed by atoms with E-state index < -0.39 is 14.4 Å². The lowest BCUT2D eigenvalue weighted by Gasteiger charge is -2.22. The lowest BCUT2D eigenvalue weighted by atomic mass is 10.0. The first-order chi connectivity index (χ1) is 7.99. The van der Waals surface area contributed by atoms with Crippen LogP contribution < -0.4 is 0 Å². The Morgan fingerprint density at radius 2 is 2.06 bits per heavy atom. The summed E-state index contributed by atoms with van der Waals surface area (Å²) in [7, 11) is -1.68. The summed E-state index contributed by atoms with van der Waals surface area (Å²) in [5.74, 6) is 0.723. The molecule has 0 aliphatic heterocycles. The van der Waals surface area contributed by atoms with E-state index in [1.54, 1.807) is 0 Å². The maximum absolute atomic E-state index is 9.24. The molecule has 0 spiro atoms. The van der Waals surface area contributed by atoms with E-state index >= 15 is 0 Å². The SMILES string of the molecule is C[Si](C)(C)OC(C#N)c1cccc(C2CC2)c1. The molecule has 1 aliphatic carbocycles. The molecule has 17 heavy (non-hydrogen) atoms. The molecule has 1 aromatic rings. The standard InChI is InChI=1S/C14H19NOSi/c1-17(2,3)16-14(10-15)13-6-4-5-12(9-13)11-7-8-11/h4-6,9,11,14H,7-8H2,1-3H3. The van der Waals surface area contributed by atoms with Gasteiger partial charge in [-0.2, -0.15) is 5.26 Å². The summed E-state index contributed by atoms with van der Waals surface area (Å²) >= 11 is 0. The van der Waals surface area contributed by atoms with E-state index in [9.17, 15) is 5.26 Å². The quantitative estimate of drug-likeness (QED) is 0.752. The molecule has 3 heteroatoms. The van der Waals surface area contributed by atoms with Gasteiger partial charge in [-0.15, -0.1) is 0 Å². The molecule has 0 N–H and O–H groups in total. The largest absolute Gasteiger partial charge is 0.399 e. The van der Waals surface area contributed by atoms with Gasteiger partial charge in [0.1, 0.15) is 0 Å². The highest BCUT2D eigenvalue weighted by atomic mass is 28.4. The normalized spacial score (nSPS) is 17.5. The molecule has 0 radical (unpaired) electrons. The van der Waals surface area contributed by atoms with Crippen LogP contribution in [0.1, 0.15) is 36.0 Å². The van der Waals surface area contributed by atoms with Crippen LogP contribution in [-0.4, -0.2) is 8.32 Å². The third-order valence-electron chi connectivity index (χ3n) is 2.85. The fourth-order valence-corrected chi connectivity index (χ4v) is 2.81. The number of hydrogen-bond acceptors (Lipinski definition) is 2. The van der Waals surface area contributed by atoms with Crippen molar-refractivity contribution >= 4 is 8.32 Å². The van der Waals surface area contributed by atoms with Crippen LogP contribution in [-0.2, 0) is 4.43 Å². The Bertz CT molecular complexity index is 440. The van der Waals surface area contributed by atoms with Gasteiger partial charge in [0, 0.05) is 0 Å². The summed E-state index contributed by atoms with van der Waals surface area (Å²) in [6, 6.07) is 10.6. The van der Waals surface area contributed by atoms with Gasteiger partial charge in [-0.3, -0.25) is 0 Å². The highest BCUT2D eigenvalue weighted by Gasteiger charge is 2.26. The Morgan fingerprint density at radius 1 is 1.35 bits per heavy atom. The van der Waals surface area contributed by atoms with Crippen molar-refractivity contribution in [2.24, 2.45) is 0 Å². The van der Waals surface area contributed by atoms with Crippen LogP contribution in [0, 0.1) is 11.3 Å². The molecule has 0 heterocycles. The topological polar surface area (TPSA) is 33.0 Å². The molecule has 0 bridgehead atoms. The summed E-state index contributed by atoms with van der Waals surface area (Å²) in [4.78, 5) is 0. The molecule has 2 rings (SSSR count). The Hall–Kier alpha value is -1.11. The van der Waals surface area contributed by atoms with Crippen LogP contribution in [0.5, 0.6) is 0 Å². The molecule has 2 nitrogen and oxygen atoms in total. The molecule has 1 aliphatic rings. The van der Waals surface area contributed by atoms with Gasteiger partial charge < -0.3 is 4.43 Å². The molecule has 90 valence electrons. The van der Waals surface area contributed by atoms with Gasteiger partial charge in [0.25, 0.3) is 0 Å². The van der Waals surface area contributed by atoms with Crippen molar-refractivity contribution in [2.75, 3.05) is 0 Å². The third kappa shape index (κ3) is 3.42. The lowest BCUT2D eigenvalue weighted by molar-refractivity contribution is 0.255. The highest BCUT2D eigenvalue weighted by Crippen LogP contribution is 2.40. The van der Waals surface area contributed by atoms with E-state index in [1.807, 2.05) is 12.1 Å². The van der Waals surface area contributed by atoms with Gasteiger partial charge >= 0.3 is 0 Å². The van der Waals surface area contributed by atoms with Crippen LogP contribution in [0.2, 0.25) is 19.6 Å². The molecular formula is C14H19NOSi. The predicted octanol–water partition coefficient (Wildman–Crippen LogP) is 3.98. The molecule has 1 fully saturated rings. The first-order valence-corrected chi connectivity index (χ1v) is 9.58. The highest BCUT2D eigenvalue weighted by molar-refractivity contribution is 6.69. The summed E-state index contributed by atoms with van der Waals surface area (Å²) in [5.41, 5.74) is 2.38. The zero-order chi connectivity index (χ0) is 12.5. The van der Waals surface area contributed by atoms with Crippen LogP contribution in [0.3, 0.4) is 0 Å². The molecular weight excluding hydrogens is 226 g/mol. The third-order valence-corrected chi connectivity index (χ3v) is 3.79. The summed E-state index contributed by atoms with van der Waals surface area (Å²) in [5, 5.41) is 9.24. The minimum Gasteiger partial charge on any atom is -0.399 e. The minimum absolute atomic E-state index is 0.402. The predicted molar refractivity (Wildman–Crippen MR) is 71.2 cm³/mol. The molecule has 0 aromatic heterocycles. The van der Waals surface area contributed by atoms with Gasteiger partial charge in [0.2, 0.25) is 0 Å². The zero-order valence-electron chi connectivity index (χ0n) is 10.7. The van der Waals surface area contributed by atoms with E-state index in [1.165, 1.54) is 18.4 Å². The number of benzene rings is 1. The minimum atomic E-state index is -1.68. The second kappa shape index (κ2) is 4.64. The summed E-state index contributed by atoms with van der Waals surface area (Å²) in [6.07, 6.45) is 2.17. The van der Waals surface area contributed by atoms with Gasteiger partial charge in [-0.05, 0) is 49.5 Å². The number of nitrogens with zero attached hydrogens (tertiary/aromatic N) is 1. The monoisotopic (exact) mass is 245 g/mol. The van der Waals surface area contributed by atoms with Crippen LogP contribution >= 0.6 is 0 Å². The van der Waals surface area contributed by atoms with Crippen molar-refractivity contribution in [3.8, 4) is 6.07 Å². The van der Waals surface area contributed by atoms with E-state index in [0.29, 0.717) is 0 Å². The van der Waals surface area contributed by atoms with Crippen molar-refractivity contribution in [1.82, 2.24) is 0 Å². The Labute approximate surface area is 104 Å². The molecule has 1 aromatic carbocycles. The lowest BCUT2D eigenvalue weighted by Crippen LogP contribution is -2.27. The Kier molecular flexibility index (Phi) is 3.37. The van der Waals surface area contributed by atoms with Crippen LogP contribution in [0.25, 0.3) is 0 Å². The maximum atomic E-state index is 9.24. The first-order valence-electron chi connectivity index (χ1n) is 6.17. The zero-order valence-corrected chi connectivity index (χ0v) is 11.7. The molecule has 1 unspecified atom stereocenters. The molecule has 1 atom stereocenters. The van der Waals surface area contributed by atoms with E-state index in [2.05, 4.69) is 37.8 Å². The second-order valence-corrected chi connectivity index (χ2v) is 10.1. The van der Waals surface area contributed by atoms with Crippen molar-refractivity contribution in [1.29, 1.82) is 5.26 Å². The van der Waals surface area contributed by atoms with E-state index in [4.69, 9.17) is 4.43 Å². The summed E-state index contributed by atoms with van der Waals surface area (Å²) < 4.78 is 5.91. The molecule has 0 saturated heterocycles. The summed E-state index contributed by atoms with van der Waals surface area (Å²) in [6.45, 7) is 6.34. The van der Waals surface area contributed by atoms with E-state index in [0.717, 1.165) is 11.5 Å². The number of nitriles is 1. The van der Waals surface area contributed by atoms with Crippen LogP contribution in [0.4, 0.5) is 0 Å². The van der Waals surface area contributed by atoms with Crippen molar-refractivity contribution in [3.63, 3.8) is 0 Å². The van der Waals surface area contributed by atoms with Crippen molar-refractivity contribution in [2.45, 2.75) is 44.5 Å². The van der Waals surface area contributed by atoms with E-state index in [-0.39, 0.29) is 0 Å². The smallest absolute Gasteiger partial charge is 0.186 e. The second-order valence-electron chi connectivity index (χ2n) is 5.68. The van der Waals surface area contributed by atoms with Crippen molar-refractivity contribution in [3.05, 3.63) is 35.4 Å². The molecule has 0 amide bonds. The number of hydrogen-bond donors (Lipinski definition) is 0. The Balaban J connectivity index is 2.19. The fraction of sp³-hybridized carbons (Fsp3) is 0.500. The van der Waals surface area contributed by atoms with Gasteiger partial charge in [-0.1, -0.05) is 24.3 Å². The van der Waals surface area contributed by atoms with Crippen LogP contribution in [0.15, 0.2) is 24.3 Å². The van der Waals surface area contributed by atoms with Gasteiger partial charge in [0.15, 0.2) is 14.4 Å². The average Bonchev–Trinajstić information content (AvgIpc) is 3.08. The van der Waals surface area contributed by atoms with Gasteiger partial charge in [0.05, 0.1) is 6.07 Å². The average molecular weight is 245 g/mol. The van der Waals surface area contributed by atoms with Gasteiger partial charge in [-0.25, -0.2) is 0 Å². The number of rotatable bonds is 4. The van der Waals surface area contributed by atoms with Crippen molar-refractivity contribution < 1.29 is 4.43 Å². The first kappa shape index (κ1) is 12.3. The molecule has 1 saturated carbocycles. The fourth-order valence-electron chi connectivity index (χ4n) is 1.92. The maximum Gasteiger partial charge on any atom is 0.186 e.